The van der Waals surface area contributed by atoms with Crippen molar-refractivity contribution in [1.82, 2.24) is 10.2 Å². The fourth-order valence-corrected chi connectivity index (χ4v) is 5.22. The number of hydrogen-bond acceptors (Lipinski definition) is 4. The fourth-order valence-electron chi connectivity index (χ4n) is 3.98. The van der Waals surface area contributed by atoms with E-state index in [1.165, 1.54) is 4.90 Å². The minimum Gasteiger partial charge on any atom is -0.352 e. The average molecular weight is 571 g/mol. The summed E-state index contributed by atoms with van der Waals surface area (Å²) in [6, 6.07) is 13.0. The van der Waals surface area contributed by atoms with Crippen molar-refractivity contribution < 1.29 is 18.0 Å². The largest absolute Gasteiger partial charge is 0.352 e. The van der Waals surface area contributed by atoms with Crippen molar-refractivity contribution in [3.63, 3.8) is 0 Å². The molecule has 0 bridgehead atoms. The number of rotatable bonds is 9. The molecule has 1 saturated carbocycles. The van der Waals surface area contributed by atoms with Gasteiger partial charge in [-0.1, -0.05) is 52.5 Å². The number of nitrogens with zero attached hydrogens (tertiary/aromatic N) is 2. The van der Waals surface area contributed by atoms with Crippen LogP contribution in [0.2, 0.25) is 5.02 Å². The first kappa shape index (κ1) is 26.5. The molecule has 1 fully saturated rings. The van der Waals surface area contributed by atoms with Gasteiger partial charge in [0.25, 0.3) is 0 Å². The topological polar surface area (TPSA) is 86.8 Å². The lowest BCUT2D eigenvalue weighted by Gasteiger charge is -2.32. The molecule has 1 N–H and O–H groups in total. The lowest BCUT2D eigenvalue weighted by molar-refractivity contribution is -0.139. The zero-order chi connectivity index (χ0) is 24.9. The summed E-state index contributed by atoms with van der Waals surface area (Å²) in [4.78, 5) is 27.9. The van der Waals surface area contributed by atoms with Gasteiger partial charge in [-0.25, -0.2) is 8.42 Å². The molecule has 0 spiro atoms. The van der Waals surface area contributed by atoms with Gasteiger partial charge in [-0.05, 0) is 61.7 Å². The van der Waals surface area contributed by atoms with Crippen LogP contribution in [0.5, 0.6) is 0 Å². The van der Waals surface area contributed by atoms with E-state index in [2.05, 4.69) is 21.2 Å². The smallest absolute Gasteiger partial charge is 0.244 e. The minimum atomic E-state index is -3.75. The van der Waals surface area contributed by atoms with E-state index in [-0.39, 0.29) is 18.5 Å². The molecule has 1 unspecified atom stereocenters. The molecule has 0 aromatic heterocycles. The first-order valence-corrected chi connectivity index (χ1v) is 14.1. The Bertz CT molecular complexity index is 1100. The molecule has 7 nitrogen and oxygen atoms in total. The second kappa shape index (κ2) is 11.6. The molecular formula is C24H29BrClN3O4S. The Labute approximate surface area is 214 Å². The van der Waals surface area contributed by atoms with E-state index in [1.807, 2.05) is 0 Å². The maximum absolute atomic E-state index is 13.5. The summed E-state index contributed by atoms with van der Waals surface area (Å²) in [7, 11) is -3.75. The van der Waals surface area contributed by atoms with Crippen molar-refractivity contribution in [2.24, 2.45) is 0 Å². The van der Waals surface area contributed by atoms with Crippen LogP contribution in [-0.4, -0.2) is 50.0 Å². The van der Waals surface area contributed by atoms with Crippen LogP contribution in [0.4, 0.5) is 5.69 Å². The van der Waals surface area contributed by atoms with Gasteiger partial charge in [-0.2, -0.15) is 0 Å². The van der Waals surface area contributed by atoms with E-state index in [4.69, 9.17) is 11.6 Å². The highest BCUT2D eigenvalue weighted by atomic mass is 79.9. The van der Waals surface area contributed by atoms with Crippen LogP contribution in [0.25, 0.3) is 0 Å². The molecule has 34 heavy (non-hydrogen) atoms. The Balaban J connectivity index is 1.86. The Hall–Kier alpha value is -2.10. The highest BCUT2D eigenvalue weighted by molar-refractivity contribution is 9.10. The van der Waals surface area contributed by atoms with Gasteiger partial charge < -0.3 is 10.2 Å². The molecule has 1 atom stereocenters. The normalized spacial score (nSPS) is 15.1. The zero-order valence-corrected chi connectivity index (χ0v) is 22.4. The number of hydrogen-bond donors (Lipinski definition) is 1. The number of carbonyl (C=O) groups is 2. The molecule has 1 aliphatic carbocycles. The predicted octanol–water partition coefficient (Wildman–Crippen LogP) is 4.34. The van der Waals surface area contributed by atoms with Crippen LogP contribution in [0.15, 0.2) is 53.0 Å². The Morgan fingerprint density at radius 3 is 2.24 bits per heavy atom. The Kier molecular flexibility index (Phi) is 9.01. The third kappa shape index (κ3) is 7.20. The quantitative estimate of drug-likeness (QED) is 0.486. The summed E-state index contributed by atoms with van der Waals surface area (Å²) >= 11 is 9.33. The van der Waals surface area contributed by atoms with Crippen LogP contribution >= 0.6 is 27.5 Å². The highest BCUT2D eigenvalue weighted by Crippen LogP contribution is 2.22. The van der Waals surface area contributed by atoms with Gasteiger partial charge in [0, 0.05) is 22.1 Å². The molecule has 3 rings (SSSR count). The maximum atomic E-state index is 13.5. The zero-order valence-electron chi connectivity index (χ0n) is 19.2. The number of carbonyl (C=O) groups excluding carboxylic acids is 2. The van der Waals surface area contributed by atoms with Crippen molar-refractivity contribution in [1.29, 1.82) is 0 Å². The van der Waals surface area contributed by atoms with Gasteiger partial charge in [0.15, 0.2) is 0 Å². The molecule has 2 aromatic carbocycles. The third-order valence-electron chi connectivity index (χ3n) is 5.93. The first-order valence-electron chi connectivity index (χ1n) is 11.1. The van der Waals surface area contributed by atoms with Crippen molar-refractivity contribution in [3.05, 3.63) is 63.6 Å². The number of sulfonamides is 1. The van der Waals surface area contributed by atoms with Gasteiger partial charge in [0.05, 0.1) is 11.9 Å². The summed E-state index contributed by atoms with van der Waals surface area (Å²) in [6.07, 6.45) is 5.05. The SMILES string of the molecule is CC(C(=O)NC1CCCC1)N(Cc1ccc(Cl)cc1)C(=O)CN(c1ccc(Br)cc1)S(C)(=O)=O. The number of amides is 2. The molecule has 0 radical (unpaired) electrons. The fraction of sp³-hybridized carbons (Fsp3) is 0.417. The second-order valence-electron chi connectivity index (χ2n) is 8.56. The van der Waals surface area contributed by atoms with Crippen molar-refractivity contribution in [2.45, 2.75) is 51.2 Å². The molecule has 0 aliphatic heterocycles. The Morgan fingerprint density at radius 1 is 1.09 bits per heavy atom. The molecular weight excluding hydrogens is 542 g/mol. The third-order valence-corrected chi connectivity index (χ3v) is 7.85. The minimum absolute atomic E-state index is 0.109. The standard InChI is InChI=1S/C24H29BrClN3O4S/c1-17(24(31)27-21-5-3-4-6-21)28(15-18-7-11-20(26)12-8-18)23(30)16-29(34(2,32)33)22-13-9-19(25)10-14-22/h7-14,17,21H,3-6,15-16H2,1-2H3,(H,27,31). The molecule has 1 aliphatic rings. The van der Waals surface area contributed by atoms with Crippen LogP contribution in [0.3, 0.4) is 0 Å². The van der Waals surface area contributed by atoms with Crippen LogP contribution in [0.1, 0.15) is 38.2 Å². The maximum Gasteiger partial charge on any atom is 0.244 e. The summed E-state index contributed by atoms with van der Waals surface area (Å²) < 4.78 is 27.0. The molecule has 2 aromatic rings. The lowest BCUT2D eigenvalue weighted by Crippen LogP contribution is -2.52. The Morgan fingerprint density at radius 2 is 1.68 bits per heavy atom. The van der Waals surface area contributed by atoms with E-state index < -0.39 is 28.5 Å². The van der Waals surface area contributed by atoms with E-state index in [9.17, 15) is 18.0 Å². The van der Waals surface area contributed by atoms with Crippen molar-refractivity contribution in [2.75, 3.05) is 17.1 Å². The van der Waals surface area contributed by atoms with E-state index in [1.54, 1.807) is 55.5 Å². The summed E-state index contributed by atoms with van der Waals surface area (Å²) in [5, 5.41) is 3.60. The van der Waals surface area contributed by atoms with Gasteiger partial charge in [-0.15, -0.1) is 0 Å². The molecule has 10 heteroatoms. The number of anilines is 1. The molecule has 184 valence electrons. The lowest BCUT2D eigenvalue weighted by atomic mass is 10.1. The molecule has 0 heterocycles. The van der Waals surface area contributed by atoms with Gasteiger partial charge >= 0.3 is 0 Å². The number of halogens is 2. The number of nitrogens with one attached hydrogen (secondary N) is 1. The summed E-state index contributed by atoms with van der Waals surface area (Å²) in [5.41, 5.74) is 1.15. The van der Waals surface area contributed by atoms with Gasteiger partial charge in [0.1, 0.15) is 12.6 Å². The second-order valence-corrected chi connectivity index (χ2v) is 11.8. The average Bonchev–Trinajstić information content (AvgIpc) is 3.29. The van der Waals surface area contributed by atoms with Gasteiger partial charge in [-0.3, -0.25) is 13.9 Å². The monoisotopic (exact) mass is 569 g/mol. The van der Waals surface area contributed by atoms with Crippen LogP contribution in [0, 0.1) is 0 Å². The molecule has 0 saturated heterocycles. The number of benzene rings is 2. The first-order chi connectivity index (χ1) is 16.0. The van der Waals surface area contributed by atoms with E-state index in [0.29, 0.717) is 10.7 Å². The van der Waals surface area contributed by atoms with Crippen LogP contribution < -0.4 is 9.62 Å². The summed E-state index contributed by atoms with van der Waals surface area (Å²) in [5.74, 6) is -0.721. The van der Waals surface area contributed by atoms with E-state index in [0.717, 1.165) is 46.3 Å². The van der Waals surface area contributed by atoms with Gasteiger partial charge in [0.2, 0.25) is 21.8 Å². The van der Waals surface area contributed by atoms with Crippen molar-refractivity contribution in [3.8, 4) is 0 Å². The highest BCUT2D eigenvalue weighted by Gasteiger charge is 2.31. The summed E-state index contributed by atoms with van der Waals surface area (Å²) in [6.45, 7) is 1.39. The van der Waals surface area contributed by atoms with Crippen molar-refractivity contribution >= 4 is 55.1 Å². The predicted molar refractivity (Wildman–Crippen MR) is 138 cm³/mol. The van der Waals surface area contributed by atoms with E-state index >= 15 is 0 Å². The van der Waals surface area contributed by atoms with Crippen LogP contribution in [-0.2, 0) is 26.2 Å². The molecule has 2 amide bonds.